The summed E-state index contributed by atoms with van der Waals surface area (Å²) in [5.41, 5.74) is 2.86. The summed E-state index contributed by atoms with van der Waals surface area (Å²) in [6.45, 7) is 0.534. The molecule has 1 amide bonds. The number of carbonyl (C=O) groups is 1. The molecule has 3 rings (SSSR count). The molecule has 0 spiro atoms. The second-order valence-electron chi connectivity index (χ2n) is 5.03. The molecule has 2 aromatic carbocycles. The van der Waals surface area contributed by atoms with Gasteiger partial charge in [-0.05, 0) is 23.3 Å². The minimum Gasteiger partial charge on any atom is -0.335 e. The SMILES string of the molecule is CN(Cc1nccs1)C(=O)c1cccc(-c2ccccc2)c1. The molecule has 0 aliphatic carbocycles. The standard InChI is InChI=1S/C18H16N2OS/c1-20(13-17-19-10-11-22-17)18(21)16-9-5-8-15(12-16)14-6-3-2-4-7-14/h2-12H,13H2,1H3. The van der Waals surface area contributed by atoms with Crippen molar-refractivity contribution < 1.29 is 4.79 Å². The predicted octanol–water partition coefficient (Wildman–Crippen LogP) is 4.08. The molecule has 110 valence electrons. The summed E-state index contributed by atoms with van der Waals surface area (Å²) >= 11 is 1.56. The number of amides is 1. The van der Waals surface area contributed by atoms with Gasteiger partial charge in [-0.2, -0.15) is 0 Å². The maximum atomic E-state index is 12.6. The Morgan fingerprint density at radius 2 is 1.86 bits per heavy atom. The van der Waals surface area contributed by atoms with Crippen molar-refractivity contribution in [3.63, 3.8) is 0 Å². The van der Waals surface area contributed by atoms with E-state index in [4.69, 9.17) is 0 Å². The molecule has 0 N–H and O–H groups in total. The van der Waals surface area contributed by atoms with Crippen molar-refractivity contribution in [3.05, 3.63) is 76.7 Å². The maximum absolute atomic E-state index is 12.6. The number of aromatic nitrogens is 1. The summed E-state index contributed by atoms with van der Waals surface area (Å²) < 4.78 is 0. The van der Waals surface area contributed by atoms with Gasteiger partial charge < -0.3 is 4.90 Å². The Labute approximate surface area is 133 Å². The largest absolute Gasteiger partial charge is 0.335 e. The third-order valence-corrected chi connectivity index (χ3v) is 4.18. The number of carbonyl (C=O) groups excluding carboxylic acids is 1. The summed E-state index contributed by atoms with van der Waals surface area (Å²) in [6, 6.07) is 17.8. The van der Waals surface area contributed by atoms with Gasteiger partial charge in [0.15, 0.2) is 0 Å². The molecule has 1 heterocycles. The zero-order chi connectivity index (χ0) is 15.4. The molecule has 0 saturated carbocycles. The van der Waals surface area contributed by atoms with Crippen LogP contribution in [0, 0.1) is 0 Å². The molecular formula is C18H16N2OS. The van der Waals surface area contributed by atoms with Crippen molar-refractivity contribution in [3.8, 4) is 11.1 Å². The minimum absolute atomic E-state index is 0.00739. The molecule has 22 heavy (non-hydrogen) atoms. The zero-order valence-electron chi connectivity index (χ0n) is 12.3. The molecule has 0 atom stereocenters. The van der Waals surface area contributed by atoms with Gasteiger partial charge in [0.05, 0.1) is 6.54 Å². The quantitative estimate of drug-likeness (QED) is 0.727. The van der Waals surface area contributed by atoms with Gasteiger partial charge >= 0.3 is 0 Å². The van der Waals surface area contributed by atoms with Crippen LogP contribution in [0.1, 0.15) is 15.4 Å². The first-order valence-electron chi connectivity index (χ1n) is 7.03. The summed E-state index contributed by atoms with van der Waals surface area (Å²) in [5, 5.41) is 2.86. The average Bonchev–Trinajstić information content (AvgIpc) is 3.08. The van der Waals surface area contributed by atoms with E-state index in [0.29, 0.717) is 12.1 Å². The third-order valence-electron chi connectivity index (χ3n) is 3.42. The van der Waals surface area contributed by atoms with E-state index in [1.54, 1.807) is 29.5 Å². The van der Waals surface area contributed by atoms with Crippen LogP contribution in [0.15, 0.2) is 66.2 Å². The van der Waals surface area contributed by atoms with E-state index in [2.05, 4.69) is 4.98 Å². The van der Waals surface area contributed by atoms with Crippen LogP contribution in [0.3, 0.4) is 0 Å². The van der Waals surface area contributed by atoms with E-state index >= 15 is 0 Å². The summed E-state index contributed by atoms with van der Waals surface area (Å²) in [7, 11) is 1.80. The first kappa shape index (κ1) is 14.5. The van der Waals surface area contributed by atoms with E-state index in [0.717, 1.165) is 16.1 Å². The highest BCUT2D eigenvalue weighted by Gasteiger charge is 2.13. The number of nitrogens with zero attached hydrogens (tertiary/aromatic N) is 2. The van der Waals surface area contributed by atoms with Crippen LogP contribution >= 0.6 is 11.3 Å². The molecule has 0 aliphatic rings. The highest BCUT2D eigenvalue weighted by atomic mass is 32.1. The van der Waals surface area contributed by atoms with Crippen LogP contribution < -0.4 is 0 Å². The first-order chi connectivity index (χ1) is 10.7. The highest BCUT2D eigenvalue weighted by Crippen LogP contribution is 2.21. The van der Waals surface area contributed by atoms with Gasteiger partial charge in [0.2, 0.25) is 0 Å². The van der Waals surface area contributed by atoms with E-state index in [9.17, 15) is 4.79 Å². The van der Waals surface area contributed by atoms with Crippen molar-refractivity contribution in [1.29, 1.82) is 0 Å². The topological polar surface area (TPSA) is 33.2 Å². The van der Waals surface area contributed by atoms with Gasteiger partial charge in [-0.25, -0.2) is 4.98 Å². The number of hydrogen-bond donors (Lipinski definition) is 0. The van der Waals surface area contributed by atoms with Crippen molar-refractivity contribution in [2.24, 2.45) is 0 Å². The molecule has 4 heteroatoms. The fraction of sp³-hybridized carbons (Fsp3) is 0.111. The Balaban J connectivity index is 1.81. The molecule has 0 unspecified atom stereocenters. The number of rotatable bonds is 4. The van der Waals surface area contributed by atoms with Crippen molar-refractivity contribution in [2.75, 3.05) is 7.05 Å². The summed E-state index contributed by atoms with van der Waals surface area (Å²) in [5.74, 6) is 0.00739. The molecule has 0 fully saturated rings. The van der Waals surface area contributed by atoms with Crippen molar-refractivity contribution in [1.82, 2.24) is 9.88 Å². The fourth-order valence-corrected chi connectivity index (χ4v) is 2.96. The van der Waals surface area contributed by atoms with E-state index < -0.39 is 0 Å². The lowest BCUT2D eigenvalue weighted by Gasteiger charge is -2.16. The van der Waals surface area contributed by atoms with Crippen LogP contribution in [0.5, 0.6) is 0 Å². The Morgan fingerprint density at radius 3 is 2.59 bits per heavy atom. The Hall–Kier alpha value is -2.46. The summed E-state index contributed by atoms with van der Waals surface area (Å²) in [6.07, 6.45) is 1.76. The molecule has 0 radical (unpaired) electrons. The first-order valence-corrected chi connectivity index (χ1v) is 7.91. The van der Waals surface area contributed by atoms with Crippen LogP contribution in [0.25, 0.3) is 11.1 Å². The Bertz CT molecular complexity index is 754. The normalized spacial score (nSPS) is 10.4. The molecule has 3 nitrogen and oxygen atoms in total. The van der Waals surface area contributed by atoms with E-state index in [1.807, 2.05) is 60.0 Å². The zero-order valence-corrected chi connectivity index (χ0v) is 13.1. The third kappa shape index (κ3) is 3.23. The molecule has 0 saturated heterocycles. The minimum atomic E-state index is 0.00739. The van der Waals surface area contributed by atoms with Gasteiger partial charge in [0, 0.05) is 24.2 Å². The Morgan fingerprint density at radius 1 is 1.09 bits per heavy atom. The highest BCUT2D eigenvalue weighted by molar-refractivity contribution is 7.09. The van der Waals surface area contributed by atoms with Crippen LogP contribution in [0.2, 0.25) is 0 Å². The monoisotopic (exact) mass is 308 g/mol. The lowest BCUT2D eigenvalue weighted by atomic mass is 10.0. The van der Waals surface area contributed by atoms with E-state index in [1.165, 1.54) is 0 Å². The van der Waals surface area contributed by atoms with Crippen molar-refractivity contribution >= 4 is 17.2 Å². The predicted molar refractivity (Wildman–Crippen MR) is 89.8 cm³/mol. The van der Waals surface area contributed by atoms with Gasteiger partial charge in [0.25, 0.3) is 5.91 Å². The molecule has 1 aromatic heterocycles. The van der Waals surface area contributed by atoms with Gasteiger partial charge in [-0.1, -0.05) is 42.5 Å². The van der Waals surface area contributed by atoms with Crippen LogP contribution in [-0.2, 0) is 6.54 Å². The van der Waals surface area contributed by atoms with Crippen molar-refractivity contribution in [2.45, 2.75) is 6.54 Å². The average molecular weight is 308 g/mol. The van der Waals surface area contributed by atoms with Crippen LogP contribution in [-0.4, -0.2) is 22.8 Å². The summed E-state index contributed by atoms with van der Waals surface area (Å²) in [4.78, 5) is 18.5. The molecule has 0 bridgehead atoms. The molecule has 0 aliphatic heterocycles. The smallest absolute Gasteiger partial charge is 0.253 e. The van der Waals surface area contributed by atoms with Gasteiger partial charge in [-0.3, -0.25) is 4.79 Å². The number of thiazole rings is 1. The second kappa shape index (κ2) is 6.54. The molecule has 3 aromatic rings. The van der Waals surface area contributed by atoms with Gasteiger partial charge in [-0.15, -0.1) is 11.3 Å². The number of benzene rings is 2. The maximum Gasteiger partial charge on any atom is 0.253 e. The fourth-order valence-electron chi connectivity index (χ4n) is 2.29. The lowest BCUT2D eigenvalue weighted by Crippen LogP contribution is -2.26. The van der Waals surface area contributed by atoms with E-state index in [-0.39, 0.29) is 5.91 Å². The van der Waals surface area contributed by atoms with Crippen LogP contribution in [0.4, 0.5) is 0 Å². The molecular weight excluding hydrogens is 292 g/mol. The number of hydrogen-bond acceptors (Lipinski definition) is 3. The second-order valence-corrected chi connectivity index (χ2v) is 6.01. The van der Waals surface area contributed by atoms with Gasteiger partial charge in [0.1, 0.15) is 5.01 Å². The lowest BCUT2D eigenvalue weighted by molar-refractivity contribution is 0.0785. The Kier molecular flexibility index (Phi) is 4.30.